The Hall–Kier alpha value is -2.60. The number of aromatic nitrogens is 2. The van der Waals surface area contributed by atoms with Gasteiger partial charge in [-0.2, -0.15) is 0 Å². The molecule has 0 saturated carbocycles. The van der Waals surface area contributed by atoms with E-state index >= 15 is 0 Å². The number of para-hydroxylation sites is 1. The van der Waals surface area contributed by atoms with Crippen LogP contribution in [0.2, 0.25) is 5.02 Å². The van der Waals surface area contributed by atoms with Gasteiger partial charge < -0.3 is 15.2 Å². The number of hydrogen-bond acceptors (Lipinski definition) is 3. The van der Waals surface area contributed by atoms with Crippen molar-refractivity contribution in [1.29, 1.82) is 0 Å². The van der Waals surface area contributed by atoms with Crippen LogP contribution in [0, 0.1) is 0 Å². The van der Waals surface area contributed by atoms with E-state index in [-0.39, 0.29) is 23.3 Å². The number of nitrogens with one attached hydrogen (secondary N) is 2. The quantitative estimate of drug-likeness (QED) is 0.806. The maximum atomic E-state index is 12.7. The fraction of sp³-hybridized carbons (Fsp3) is 0.278. The molecule has 1 aromatic heterocycles. The molecule has 1 aliphatic rings. The van der Waals surface area contributed by atoms with Crippen molar-refractivity contribution in [3.8, 4) is 0 Å². The molecule has 130 valence electrons. The van der Waals surface area contributed by atoms with Crippen molar-refractivity contribution >= 4 is 29.1 Å². The molecule has 6 nitrogen and oxygen atoms in total. The highest BCUT2D eigenvalue weighted by Gasteiger charge is 2.27. The van der Waals surface area contributed by atoms with Gasteiger partial charge in [0.1, 0.15) is 0 Å². The average Bonchev–Trinajstić information content (AvgIpc) is 3.01. The standard InChI is InChI=1S/C18H19ClN4O2/c1-2-10-20-18(25)16-22-15(14-9-5-6-11-23(14)16)17(24)21-13-8-4-3-7-12(13)19/h2-4,7-8H,1,5-6,9-11H2,(H,20,25)(H,21,24). The number of carbonyl (C=O) groups is 2. The smallest absolute Gasteiger partial charge is 0.287 e. The zero-order valence-electron chi connectivity index (χ0n) is 13.7. The molecule has 0 atom stereocenters. The molecule has 2 aromatic rings. The molecular weight excluding hydrogens is 340 g/mol. The highest BCUT2D eigenvalue weighted by Crippen LogP contribution is 2.24. The van der Waals surface area contributed by atoms with E-state index in [0.29, 0.717) is 30.2 Å². The topological polar surface area (TPSA) is 76.0 Å². The Morgan fingerprint density at radius 2 is 2.08 bits per heavy atom. The number of imidazole rings is 1. The second-order valence-corrected chi connectivity index (χ2v) is 6.18. The van der Waals surface area contributed by atoms with E-state index in [9.17, 15) is 9.59 Å². The van der Waals surface area contributed by atoms with E-state index < -0.39 is 0 Å². The average molecular weight is 359 g/mol. The SMILES string of the molecule is C=CCNC(=O)c1nc(C(=O)Nc2ccccc2Cl)c2n1CCCC2. The van der Waals surface area contributed by atoms with Crippen LogP contribution < -0.4 is 10.6 Å². The van der Waals surface area contributed by atoms with E-state index in [4.69, 9.17) is 11.6 Å². The number of carbonyl (C=O) groups excluding carboxylic acids is 2. The summed E-state index contributed by atoms with van der Waals surface area (Å²) in [6.45, 7) is 4.61. The third-order valence-electron chi connectivity index (χ3n) is 4.07. The zero-order valence-corrected chi connectivity index (χ0v) is 14.5. The van der Waals surface area contributed by atoms with Crippen molar-refractivity contribution < 1.29 is 9.59 Å². The van der Waals surface area contributed by atoms with Crippen molar-refractivity contribution in [3.63, 3.8) is 0 Å². The van der Waals surface area contributed by atoms with E-state index in [1.165, 1.54) is 0 Å². The molecule has 1 aliphatic heterocycles. The van der Waals surface area contributed by atoms with Gasteiger partial charge in [-0.05, 0) is 31.4 Å². The first-order chi connectivity index (χ1) is 12.1. The zero-order chi connectivity index (χ0) is 17.8. The van der Waals surface area contributed by atoms with Crippen LogP contribution in [0.15, 0.2) is 36.9 Å². The van der Waals surface area contributed by atoms with Gasteiger partial charge in [0.05, 0.1) is 16.4 Å². The molecule has 25 heavy (non-hydrogen) atoms. The lowest BCUT2D eigenvalue weighted by molar-refractivity contribution is 0.0942. The van der Waals surface area contributed by atoms with Gasteiger partial charge >= 0.3 is 0 Å². The van der Waals surface area contributed by atoms with Crippen molar-refractivity contribution in [1.82, 2.24) is 14.9 Å². The predicted octanol–water partition coefficient (Wildman–Crippen LogP) is 3.04. The van der Waals surface area contributed by atoms with E-state index in [0.717, 1.165) is 18.5 Å². The van der Waals surface area contributed by atoms with Crippen LogP contribution >= 0.6 is 11.6 Å². The molecule has 0 spiro atoms. The first kappa shape index (κ1) is 17.2. The van der Waals surface area contributed by atoms with Crippen LogP contribution in [-0.4, -0.2) is 27.9 Å². The molecule has 0 aliphatic carbocycles. The van der Waals surface area contributed by atoms with Gasteiger partial charge in [-0.3, -0.25) is 9.59 Å². The van der Waals surface area contributed by atoms with Crippen molar-refractivity contribution in [2.75, 3.05) is 11.9 Å². The number of fused-ring (bicyclic) bond motifs is 1. The summed E-state index contributed by atoms with van der Waals surface area (Å²) in [5.74, 6) is -0.401. The van der Waals surface area contributed by atoms with Crippen LogP contribution in [0.25, 0.3) is 0 Å². The largest absolute Gasteiger partial charge is 0.346 e. The van der Waals surface area contributed by atoms with Gasteiger partial charge in [-0.15, -0.1) is 6.58 Å². The molecule has 0 bridgehead atoms. The summed E-state index contributed by atoms with van der Waals surface area (Å²) < 4.78 is 1.84. The monoisotopic (exact) mass is 358 g/mol. The number of rotatable bonds is 5. The molecule has 0 saturated heterocycles. The predicted molar refractivity (Wildman–Crippen MR) is 97.1 cm³/mol. The Morgan fingerprint density at radius 1 is 1.28 bits per heavy atom. The van der Waals surface area contributed by atoms with Gasteiger partial charge in [0.15, 0.2) is 11.5 Å². The molecule has 0 unspecified atom stereocenters. The molecule has 2 heterocycles. The van der Waals surface area contributed by atoms with Gasteiger partial charge in [-0.1, -0.05) is 29.8 Å². The highest BCUT2D eigenvalue weighted by molar-refractivity contribution is 6.33. The summed E-state index contributed by atoms with van der Waals surface area (Å²) in [6, 6.07) is 7.01. The van der Waals surface area contributed by atoms with Gasteiger partial charge in [-0.25, -0.2) is 4.98 Å². The molecule has 0 fully saturated rings. The maximum Gasteiger partial charge on any atom is 0.287 e. The normalized spacial score (nSPS) is 13.0. The van der Waals surface area contributed by atoms with E-state index in [1.807, 2.05) is 4.57 Å². The lowest BCUT2D eigenvalue weighted by atomic mass is 10.1. The van der Waals surface area contributed by atoms with Gasteiger partial charge in [0, 0.05) is 13.1 Å². The highest BCUT2D eigenvalue weighted by atomic mass is 35.5. The molecular formula is C18H19ClN4O2. The molecule has 1 aromatic carbocycles. The second-order valence-electron chi connectivity index (χ2n) is 5.77. The minimum atomic E-state index is -0.360. The number of amides is 2. The number of benzene rings is 1. The molecule has 0 radical (unpaired) electrons. The third kappa shape index (κ3) is 3.58. The van der Waals surface area contributed by atoms with Gasteiger partial charge in [0.25, 0.3) is 11.8 Å². The van der Waals surface area contributed by atoms with Crippen molar-refractivity contribution in [2.24, 2.45) is 0 Å². The van der Waals surface area contributed by atoms with Crippen LogP contribution in [-0.2, 0) is 13.0 Å². The number of nitrogens with zero attached hydrogens (tertiary/aromatic N) is 2. The Kier molecular flexibility index (Phi) is 5.19. The summed E-state index contributed by atoms with van der Waals surface area (Å²) in [7, 11) is 0. The van der Waals surface area contributed by atoms with Crippen LogP contribution in [0.3, 0.4) is 0 Å². The fourth-order valence-corrected chi connectivity index (χ4v) is 3.07. The summed E-state index contributed by atoms with van der Waals surface area (Å²) in [5, 5.41) is 5.95. The Bertz CT molecular complexity index is 828. The lowest BCUT2D eigenvalue weighted by Gasteiger charge is -2.17. The van der Waals surface area contributed by atoms with E-state index in [2.05, 4.69) is 22.2 Å². The summed E-state index contributed by atoms with van der Waals surface area (Å²) in [5.41, 5.74) is 1.59. The third-order valence-corrected chi connectivity index (χ3v) is 4.39. The lowest BCUT2D eigenvalue weighted by Crippen LogP contribution is -2.28. The van der Waals surface area contributed by atoms with Crippen LogP contribution in [0.4, 0.5) is 5.69 Å². The van der Waals surface area contributed by atoms with Crippen molar-refractivity contribution in [3.05, 3.63) is 59.2 Å². The van der Waals surface area contributed by atoms with Crippen molar-refractivity contribution in [2.45, 2.75) is 25.8 Å². The summed E-state index contributed by atoms with van der Waals surface area (Å²) in [4.78, 5) is 29.4. The number of anilines is 1. The molecule has 2 N–H and O–H groups in total. The van der Waals surface area contributed by atoms with Crippen LogP contribution in [0.1, 0.15) is 39.6 Å². The van der Waals surface area contributed by atoms with Gasteiger partial charge in [0.2, 0.25) is 0 Å². The number of halogens is 1. The molecule has 3 rings (SSSR count). The Labute approximate surface area is 150 Å². The van der Waals surface area contributed by atoms with Crippen LogP contribution in [0.5, 0.6) is 0 Å². The first-order valence-corrected chi connectivity index (χ1v) is 8.54. The molecule has 2 amide bonds. The number of hydrogen-bond donors (Lipinski definition) is 2. The minimum absolute atomic E-state index is 0.265. The molecule has 7 heteroatoms. The summed E-state index contributed by atoms with van der Waals surface area (Å²) >= 11 is 6.10. The summed E-state index contributed by atoms with van der Waals surface area (Å²) in [6.07, 6.45) is 4.23. The maximum absolute atomic E-state index is 12.7. The van der Waals surface area contributed by atoms with E-state index in [1.54, 1.807) is 30.3 Å². The minimum Gasteiger partial charge on any atom is -0.346 e. The Balaban J connectivity index is 1.92. The Morgan fingerprint density at radius 3 is 2.84 bits per heavy atom. The fourth-order valence-electron chi connectivity index (χ4n) is 2.89. The first-order valence-electron chi connectivity index (χ1n) is 8.16. The second kappa shape index (κ2) is 7.53.